The van der Waals surface area contributed by atoms with Crippen molar-refractivity contribution in [1.82, 2.24) is 0 Å². The SMILES string of the molecule is CCC(C)c1cc(C(C)CC)c(C(C)CC)c(C(C)CC)c1C(C)CC. The van der Waals surface area contributed by atoms with Gasteiger partial charge in [-0.3, -0.25) is 0 Å². The van der Waals surface area contributed by atoms with Crippen molar-refractivity contribution < 1.29 is 0 Å². The average Bonchev–Trinajstić information content (AvgIpc) is 2.68. The molecule has 0 nitrogen and oxygen atoms in total. The van der Waals surface area contributed by atoms with E-state index < -0.39 is 0 Å². The van der Waals surface area contributed by atoms with Crippen molar-refractivity contribution in [3.8, 4) is 0 Å². The van der Waals surface area contributed by atoms with Crippen molar-refractivity contribution in [2.45, 2.75) is 131 Å². The van der Waals surface area contributed by atoms with E-state index >= 15 is 0 Å². The summed E-state index contributed by atoms with van der Waals surface area (Å²) in [6.07, 6.45) is 6.15. The number of benzene rings is 1. The van der Waals surface area contributed by atoms with Crippen LogP contribution in [0.3, 0.4) is 0 Å². The molecule has 0 amide bonds. The fourth-order valence-electron chi connectivity index (χ4n) is 4.28. The van der Waals surface area contributed by atoms with Gasteiger partial charge < -0.3 is 0 Å². The third-order valence-electron chi connectivity index (χ3n) is 7.12. The van der Waals surface area contributed by atoms with Crippen LogP contribution >= 0.6 is 0 Å². The maximum atomic E-state index is 2.64. The Hall–Kier alpha value is -0.780. The highest BCUT2D eigenvalue weighted by Gasteiger charge is 2.28. The molecule has 0 saturated carbocycles. The van der Waals surface area contributed by atoms with Crippen molar-refractivity contribution >= 4 is 0 Å². The normalized spacial score (nSPS) is 17.6. The summed E-state index contributed by atoms with van der Waals surface area (Å²) >= 11 is 0. The molecular formula is C26H46. The zero-order valence-corrected chi connectivity index (χ0v) is 19.5. The van der Waals surface area contributed by atoms with E-state index in [4.69, 9.17) is 0 Å². The summed E-state index contributed by atoms with van der Waals surface area (Å²) in [5, 5.41) is 0. The smallest absolute Gasteiger partial charge is 0.0187 e. The Kier molecular flexibility index (Phi) is 9.42. The van der Waals surface area contributed by atoms with Gasteiger partial charge in [-0.15, -0.1) is 0 Å². The van der Waals surface area contributed by atoms with E-state index in [2.05, 4.69) is 75.3 Å². The van der Waals surface area contributed by atoms with Crippen LogP contribution in [0.2, 0.25) is 0 Å². The fourth-order valence-corrected chi connectivity index (χ4v) is 4.28. The van der Waals surface area contributed by atoms with Crippen LogP contribution in [0.5, 0.6) is 0 Å². The number of hydrogen-bond acceptors (Lipinski definition) is 0. The van der Waals surface area contributed by atoms with Gasteiger partial charge in [0.2, 0.25) is 0 Å². The first-order valence-corrected chi connectivity index (χ1v) is 11.5. The van der Waals surface area contributed by atoms with Crippen molar-refractivity contribution in [1.29, 1.82) is 0 Å². The Morgan fingerprint density at radius 3 is 1.00 bits per heavy atom. The third kappa shape index (κ3) is 4.73. The lowest BCUT2D eigenvalue weighted by Crippen LogP contribution is -2.17. The Labute approximate surface area is 165 Å². The van der Waals surface area contributed by atoms with Gasteiger partial charge in [-0.05, 0) is 89.5 Å². The van der Waals surface area contributed by atoms with Gasteiger partial charge >= 0.3 is 0 Å². The van der Waals surface area contributed by atoms with Crippen LogP contribution in [-0.2, 0) is 0 Å². The Bertz CT molecular complexity index is 511. The van der Waals surface area contributed by atoms with Gasteiger partial charge in [0.15, 0.2) is 0 Å². The molecule has 0 spiro atoms. The molecule has 1 aromatic rings. The quantitative estimate of drug-likeness (QED) is 0.391. The summed E-state index contributed by atoms with van der Waals surface area (Å²) in [6, 6.07) is 2.64. The third-order valence-corrected chi connectivity index (χ3v) is 7.12. The van der Waals surface area contributed by atoms with Crippen LogP contribution in [0.25, 0.3) is 0 Å². The highest BCUT2D eigenvalue weighted by Crippen LogP contribution is 2.45. The second-order valence-electron chi connectivity index (χ2n) is 8.84. The maximum Gasteiger partial charge on any atom is -0.0187 e. The Morgan fingerprint density at radius 2 is 0.731 bits per heavy atom. The Balaban J connectivity index is 4.01. The lowest BCUT2D eigenvalue weighted by molar-refractivity contribution is 0.605. The average molecular weight is 359 g/mol. The first-order valence-electron chi connectivity index (χ1n) is 11.5. The lowest BCUT2D eigenvalue weighted by atomic mass is 9.71. The summed E-state index contributed by atoms with van der Waals surface area (Å²) in [5.41, 5.74) is 8.44. The topological polar surface area (TPSA) is 0 Å². The molecule has 0 heterocycles. The zero-order chi connectivity index (χ0) is 20.0. The molecule has 0 bridgehead atoms. The predicted molar refractivity (Wildman–Crippen MR) is 120 cm³/mol. The molecule has 0 aliphatic carbocycles. The highest BCUT2D eigenvalue weighted by atomic mass is 14.3. The van der Waals surface area contributed by atoms with E-state index in [1.54, 1.807) is 27.8 Å². The molecule has 0 radical (unpaired) electrons. The molecule has 26 heavy (non-hydrogen) atoms. The van der Waals surface area contributed by atoms with Crippen molar-refractivity contribution in [3.63, 3.8) is 0 Å². The Morgan fingerprint density at radius 1 is 0.462 bits per heavy atom. The second kappa shape index (κ2) is 10.5. The van der Waals surface area contributed by atoms with Crippen LogP contribution in [-0.4, -0.2) is 0 Å². The van der Waals surface area contributed by atoms with Gasteiger partial charge in [-0.25, -0.2) is 0 Å². The van der Waals surface area contributed by atoms with Gasteiger partial charge in [0.05, 0.1) is 0 Å². The fraction of sp³-hybridized carbons (Fsp3) is 0.769. The number of hydrogen-bond donors (Lipinski definition) is 0. The molecule has 0 aliphatic rings. The minimum atomic E-state index is 0.648. The minimum absolute atomic E-state index is 0.648. The van der Waals surface area contributed by atoms with Crippen molar-refractivity contribution in [2.75, 3.05) is 0 Å². The summed E-state index contributed by atoms with van der Waals surface area (Å²) in [4.78, 5) is 0. The molecule has 1 rings (SSSR count). The molecule has 0 heteroatoms. The molecule has 0 saturated heterocycles. The van der Waals surface area contributed by atoms with E-state index in [0.717, 1.165) is 0 Å². The van der Waals surface area contributed by atoms with Gasteiger partial charge in [0.1, 0.15) is 0 Å². The molecule has 0 aromatic heterocycles. The molecule has 5 unspecified atom stereocenters. The monoisotopic (exact) mass is 358 g/mol. The summed E-state index contributed by atoms with van der Waals surface area (Å²) in [7, 11) is 0. The second-order valence-corrected chi connectivity index (χ2v) is 8.84. The largest absolute Gasteiger partial charge is 0.0648 e. The summed E-state index contributed by atoms with van der Waals surface area (Å²) in [5.74, 6) is 3.24. The van der Waals surface area contributed by atoms with E-state index in [1.807, 2.05) is 0 Å². The molecule has 5 atom stereocenters. The standard InChI is InChI=1S/C26H46/c1-11-17(6)22-16-23(18(7)12-2)25(20(9)14-4)26(21(10)15-5)24(22)19(8)13-3/h16-21H,11-15H2,1-10H3. The van der Waals surface area contributed by atoms with E-state index in [-0.39, 0.29) is 0 Å². The van der Waals surface area contributed by atoms with E-state index in [0.29, 0.717) is 29.6 Å². The van der Waals surface area contributed by atoms with Crippen LogP contribution in [0.15, 0.2) is 6.07 Å². The zero-order valence-electron chi connectivity index (χ0n) is 19.5. The van der Waals surface area contributed by atoms with Crippen LogP contribution in [0, 0.1) is 0 Å². The van der Waals surface area contributed by atoms with Crippen LogP contribution < -0.4 is 0 Å². The minimum Gasteiger partial charge on any atom is -0.0648 e. The molecule has 150 valence electrons. The van der Waals surface area contributed by atoms with Crippen LogP contribution in [0.1, 0.15) is 159 Å². The van der Waals surface area contributed by atoms with Gasteiger partial charge in [-0.2, -0.15) is 0 Å². The molecular weight excluding hydrogens is 312 g/mol. The van der Waals surface area contributed by atoms with E-state index in [9.17, 15) is 0 Å². The molecule has 1 aromatic carbocycles. The molecule has 0 N–H and O–H groups in total. The van der Waals surface area contributed by atoms with E-state index in [1.165, 1.54) is 32.1 Å². The summed E-state index contributed by atoms with van der Waals surface area (Å²) < 4.78 is 0. The van der Waals surface area contributed by atoms with Gasteiger partial charge in [0, 0.05) is 0 Å². The molecule has 0 fully saturated rings. The van der Waals surface area contributed by atoms with Crippen LogP contribution in [0.4, 0.5) is 0 Å². The van der Waals surface area contributed by atoms with Crippen molar-refractivity contribution in [2.24, 2.45) is 0 Å². The summed E-state index contributed by atoms with van der Waals surface area (Å²) in [6.45, 7) is 24.0. The van der Waals surface area contributed by atoms with Gasteiger partial charge in [-0.1, -0.05) is 75.3 Å². The maximum absolute atomic E-state index is 2.64. The predicted octanol–water partition coefficient (Wildman–Crippen LogP) is 9.25. The first-order chi connectivity index (χ1) is 12.3. The number of rotatable bonds is 10. The van der Waals surface area contributed by atoms with Crippen molar-refractivity contribution in [3.05, 3.63) is 33.9 Å². The van der Waals surface area contributed by atoms with Gasteiger partial charge in [0.25, 0.3) is 0 Å². The highest BCUT2D eigenvalue weighted by molar-refractivity contribution is 5.53. The first kappa shape index (κ1) is 23.3. The molecule has 0 aliphatic heterocycles. The lowest BCUT2D eigenvalue weighted by Gasteiger charge is -2.34.